The molecule has 0 atom stereocenters. The number of hydrogen-bond donors (Lipinski definition) is 3. The normalized spacial score (nSPS) is 10.1. The van der Waals surface area contributed by atoms with Gasteiger partial charge in [-0.25, -0.2) is 0 Å². The third kappa shape index (κ3) is 6.17. The Balaban J connectivity index is 1.53. The number of hydrogen-bond acceptors (Lipinski definition) is 4. The van der Waals surface area contributed by atoms with Crippen LogP contribution in [0.5, 0.6) is 0 Å². The monoisotopic (exact) mass is 416 g/mol. The van der Waals surface area contributed by atoms with E-state index in [-0.39, 0.29) is 24.3 Å². The summed E-state index contributed by atoms with van der Waals surface area (Å²) in [6.45, 7) is 1.57. The van der Waals surface area contributed by atoms with Gasteiger partial charge in [-0.3, -0.25) is 14.4 Å². The highest BCUT2D eigenvalue weighted by molar-refractivity contribution is 6.04. The van der Waals surface area contributed by atoms with E-state index >= 15 is 0 Å². The average Bonchev–Trinajstić information content (AvgIpc) is 2.78. The summed E-state index contributed by atoms with van der Waals surface area (Å²) in [5, 5.41) is 8.67. The van der Waals surface area contributed by atoms with Crippen molar-refractivity contribution in [1.82, 2.24) is 0 Å². The summed E-state index contributed by atoms with van der Waals surface area (Å²) in [4.78, 5) is 37.5. The third-order valence-electron chi connectivity index (χ3n) is 4.62. The van der Waals surface area contributed by atoms with Crippen molar-refractivity contribution < 1.29 is 14.4 Å². The maximum absolute atomic E-state index is 12.3. The fourth-order valence-electron chi connectivity index (χ4n) is 2.84. The molecule has 0 aliphatic carbocycles. The van der Waals surface area contributed by atoms with Crippen LogP contribution in [0.1, 0.15) is 17.3 Å². The topological polar surface area (TPSA) is 90.5 Å². The molecule has 0 unspecified atom stereocenters. The smallest absolute Gasteiger partial charge is 0.255 e. The van der Waals surface area contributed by atoms with Gasteiger partial charge in [0.05, 0.1) is 6.54 Å². The zero-order valence-electron chi connectivity index (χ0n) is 17.4. The molecule has 0 heterocycles. The molecule has 0 bridgehead atoms. The maximum atomic E-state index is 12.3. The molecule has 0 spiro atoms. The summed E-state index contributed by atoms with van der Waals surface area (Å²) in [5.41, 5.74) is 3.26. The second-order valence-electron chi connectivity index (χ2n) is 6.93. The molecule has 0 fully saturated rings. The highest BCUT2D eigenvalue weighted by Crippen LogP contribution is 2.18. The van der Waals surface area contributed by atoms with Gasteiger partial charge in [0.15, 0.2) is 0 Å². The summed E-state index contributed by atoms with van der Waals surface area (Å²) in [6.07, 6.45) is 0. The summed E-state index contributed by atoms with van der Waals surface area (Å²) in [6, 6.07) is 23.1. The number of nitrogens with zero attached hydrogens (tertiary/aromatic N) is 1. The van der Waals surface area contributed by atoms with Crippen molar-refractivity contribution in [2.45, 2.75) is 6.92 Å². The lowest BCUT2D eigenvalue weighted by Crippen LogP contribution is -2.23. The van der Waals surface area contributed by atoms with E-state index in [4.69, 9.17) is 0 Å². The molecule has 3 N–H and O–H groups in total. The van der Waals surface area contributed by atoms with Gasteiger partial charge >= 0.3 is 0 Å². The minimum Gasteiger partial charge on any atom is -0.376 e. The van der Waals surface area contributed by atoms with Gasteiger partial charge in [0.25, 0.3) is 5.91 Å². The molecule has 3 amide bonds. The molecule has 7 heteroatoms. The van der Waals surface area contributed by atoms with Crippen LogP contribution in [0, 0.1) is 0 Å². The minimum atomic E-state index is -0.225. The lowest BCUT2D eigenvalue weighted by atomic mass is 10.2. The molecule has 3 aromatic rings. The number of carbonyl (C=O) groups is 3. The molecule has 3 rings (SSSR count). The van der Waals surface area contributed by atoms with E-state index in [0.717, 1.165) is 11.4 Å². The van der Waals surface area contributed by atoms with E-state index in [1.165, 1.54) is 6.92 Å². The van der Waals surface area contributed by atoms with Crippen LogP contribution < -0.4 is 20.9 Å². The van der Waals surface area contributed by atoms with Gasteiger partial charge in [-0.1, -0.05) is 24.3 Å². The molecule has 3 aromatic carbocycles. The van der Waals surface area contributed by atoms with Gasteiger partial charge < -0.3 is 20.9 Å². The van der Waals surface area contributed by atoms with Crippen LogP contribution in [0.25, 0.3) is 0 Å². The first-order chi connectivity index (χ1) is 14.9. The Bertz CT molecular complexity index is 1070. The van der Waals surface area contributed by atoms with Gasteiger partial charge in [0.2, 0.25) is 11.8 Å². The zero-order valence-corrected chi connectivity index (χ0v) is 17.4. The Morgan fingerprint density at radius 3 is 2.06 bits per heavy atom. The molecule has 0 aromatic heterocycles. The number of anilines is 4. The van der Waals surface area contributed by atoms with E-state index in [1.54, 1.807) is 72.6 Å². The standard InChI is InChI=1S/C24H24N4O3/c1-17(29)28(2)22-13-11-19(12-14-22)25-16-23(30)26-20-9-6-10-21(15-20)27-24(31)18-7-4-3-5-8-18/h3-15,25H,16H2,1-2H3,(H,26,30)(H,27,31). The second-order valence-corrected chi connectivity index (χ2v) is 6.93. The Morgan fingerprint density at radius 1 is 0.774 bits per heavy atom. The van der Waals surface area contributed by atoms with Crippen molar-refractivity contribution in [1.29, 1.82) is 0 Å². The summed E-state index contributed by atoms with van der Waals surface area (Å²) in [7, 11) is 1.70. The van der Waals surface area contributed by atoms with Crippen molar-refractivity contribution in [2.75, 3.05) is 34.4 Å². The van der Waals surface area contributed by atoms with Crippen LogP contribution in [0.4, 0.5) is 22.7 Å². The molecule has 0 aliphatic heterocycles. The van der Waals surface area contributed by atoms with Crippen molar-refractivity contribution in [2.24, 2.45) is 0 Å². The van der Waals surface area contributed by atoms with Crippen LogP contribution in [-0.4, -0.2) is 31.3 Å². The zero-order chi connectivity index (χ0) is 22.2. The van der Waals surface area contributed by atoms with Crippen molar-refractivity contribution in [3.8, 4) is 0 Å². The molecule has 7 nitrogen and oxygen atoms in total. The van der Waals surface area contributed by atoms with Crippen LogP contribution in [0.2, 0.25) is 0 Å². The highest BCUT2D eigenvalue weighted by atomic mass is 16.2. The van der Waals surface area contributed by atoms with Crippen LogP contribution in [-0.2, 0) is 9.59 Å². The number of nitrogens with one attached hydrogen (secondary N) is 3. The van der Waals surface area contributed by atoms with E-state index in [2.05, 4.69) is 16.0 Å². The fourth-order valence-corrected chi connectivity index (χ4v) is 2.84. The second kappa shape index (κ2) is 10.1. The molecule has 0 saturated carbocycles. The quantitative estimate of drug-likeness (QED) is 0.544. The van der Waals surface area contributed by atoms with Gasteiger partial charge in [0, 0.05) is 42.3 Å². The third-order valence-corrected chi connectivity index (χ3v) is 4.62. The van der Waals surface area contributed by atoms with Gasteiger partial charge in [-0.2, -0.15) is 0 Å². The summed E-state index contributed by atoms with van der Waals surface area (Å²) >= 11 is 0. The van der Waals surface area contributed by atoms with E-state index < -0.39 is 0 Å². The van der Waals surface area contributed by atoms with Gasteiger partial charge in [-0.15, -0.1) is 0 Å². The maximum Gasteiger partial charge on any atom is 0.255 e. The predicted octanol–water partition coefficient (Wildman–Crippen LogP) is 3.97. The van der Waals surface area contributed by atoms with Crippen molar-refractivity contribution in [3.63, 3.8) is 0 Å². The first-order valence-corrected chi connectivity index (χ1v) is 9.77. The number of benzene rings is 3. The SMILES string of the molecule is CC(=O)N(C)c1ccc(NCC(=O)Nc2cccc(NC(=O)c3ccccc3)c2)cc1. The molecule has 0 saturated heterocycles. The van der Waals surface area contributed by atoms with Gasteiger partial charge in [-0.05, 0) is 54.6 Å². The molecule has 31 heavy (non-hydrogen) atoms. The minimum absolute atomic E-state index is 0.0534. The Labute approximate surface area is 181 Å². The summed E-state index contributed by atoms with van der Waals surface area (Å²) in [5.74, 6) is -0.497. The summed E-state index contributed by atoms with van der Waals surface area (Å²) < 4.78 is 0. The Morgan fingerprint density at radius 2 is 1.42 bits per heavy atom. The van der Waals surface area contributed by atoms with Gasteiger partial charge in [0.1, 0.15) is 0 Å². The number of amides is 3. The van der Waals surface area contributed by atoms with E-state index in [9.17, 15) is 14.4 Å². The first-order valence-electron chi connectivity index (χ1n) is 9.77. The van der Waals surface area contributed by atoms with E-state index in [0.29, 0.717) is 16.9 Å². The van der Waals surface area contributed by atoms with Crippen molar-refractivity contribution in [3.05, 3.63) is 84.4 Å². The van der Waals surface area contributed by atoms with Crippen LogP contribution >= 0.6 is 0 Å². The highest BCUT2D eigenvalue weighted by Gasteiger charge is 2.08. The predicted molar refractivity (Wildman–Crippen MR) is 123 cm³/mol. The van der Waals surface area contributed by atoms with E-state index in [1.807, 2.05) is 18.2 Å². The first kappa shape index (κ1) is 21.6. The lowest BCUT2D eigenvalue weighted by Gasteiger charge is -2.15. The Kier molecular flexibility index (Phi) is 7.01. The largest absolute Gasteiger partial charge is 0.376 e. The molecule has 0 radical (unpaired) electrons. The Hall–Kier alpha value is -4.13. The fraction of sp³-hybridized carbons (Fsp3) is 0.125. The molecular formula is C24H24N4O3. The molecule has 158 valence electrons. The van der Waals surface area contributed by atoms with Crippen LogP contribution in [0.3, 0.4) is 0 Å². The molecular weight excluding hydrogens is 392 g/mol. The van der Waals surface area contributed by atoms with Crippen molar-refractivity contribution >= 4 is 40.5 Å². The molecule has 0 aliphatic rings. The number of rotatable bonds is 7. The number of carbonyl (C=O) groups excluding carboxylic acids is 3. The lowest BCUT2D eigenvalue weighted by molar-refractivity contribution is -0.116. The van der Waals surface area contributed by atoms with Crippen LogP contribution in [0.15, 0.2) is 78.9 Å². The average molecular weight is 416 g/mol.